The Morgan fingerprint density at radius 2 is 2.19 bits per heavy atom. The summed E-state index contributed by atoms with van der Waals surface area (Å²) in [5.41, 5.74) is 5.21. The number of fused-ring (bicyclic) bond motifs is 1. The summed E-state index contributed by atoms with van der Waals surface area (Å²) in [7, 11) is 2.03. The molecule has 1 heterocycles. The van der Waals surface area contributed by atoms with E-state index in [0.717, 1.165) is 11.4 Å². The van der Waals surface area contributed by atoms with Crippen molar-refractivity contribution < 1.29 is 0 Å². The first-order valence-electron chi connectivity index (χ1n) is 7.58. The fraction of sp³-hybridized carbons (Fsp3) is 0.389. The lowest BCUT2D eigenvalue weighted by Crippen LogP contribution is -2.28. The molecule has 1 aliphatic carbocycles. The summed E-state index contributed by atoms with van der Waals surface area (Å²) in [5.74, 6) is 0.414. The maximum atomic E-state index is 6.21. The molecule has 2 nitrogen and oxygen atoms in total. The van der Waals surface area contributed by atoms with Crippen molar-refractivity contribution in [2.24, 2.45) is 0 Å². The molecule has 0 aliphatic heterocycles. The van der Waals surface area contributed by atoms with E-state index in [4.69, 9.17) is 11.6 Å². The van der Waals surface area contributed by atoms with E-state index in [1.54, 1.807) is 0 Å². The second kappa shape index (κ2) is 6.17. The molecule has 3 heteroatoms. The van der Waals surface area contributed by atoms with Crippen LogP contribution in [0.4, 0.5) is 0 Å². The van der Waals surface area contributed by atoms with Crippen molar-refractivity contribution in [2.45, 2.75) is 38.1 Å². The van der Waals surface area contributed by atoms with Gasteiger partial charge in [-0.1, -0.05) is 23.7 Å². The molecule has 0 saturated carbocycles. The number of pyridine rings is 1. The monoisotopic (exact) mass is 300 g/mol. The Labute approximate surface area is 131 Å². The van der Waals surface area contributed by atoms with Gasteiger partial charge in [-0.25, -0.2) is 0 Å². The number of rotatable bonds is 3. The molecule has 1 N–H and O–H groups in total. The molecule has 2 atom stereocenters. The molecular weight excluding hydrogens is 280 g/mol. The molecule has 0 amide bonds. The van der Waals surface area contributed by atoms with Crippen LogP contribution in [-0.4, -0.2) is 12.0 Å². The molecule has 0 spiro atoms. The number of hydrogen-bond donors (Lipinski definition) is 1. The molecule has 110 valence electrons. The maximum Gasteiger partial charge on any atom is 0.0485 e. The minimum absolute atomic E-state index is 0.262. The topological polar surface area (TPSA) is 24.9 Å². The van der Waals surface area contributed by atoms with E-state index in [2.05, 4.69) is 35.4 Å². The van der Waals surface area contributed by atoms with Gasteiger partial charge < -0.3 is 5.32 Å². The van der Waals surface area contributed by atoms with Crippen molar-refractivity contribution in [3.63, 3.8) is 0 Å². The van der Waals surface area contributed by atoms with E-state index in [-0.39, 0.29) is 6.04 Å². The number of nitrogens with zero attached hydrogens (tertiary/aromatic N) is 1. The van der Waals surface area contributed by atoms with E-state index in [0.29, 0.717) is 5.92 Å². The van der Waals surface area contributed by atoms with Gasteiger partial charge >= 0.3 is 0 Å². The lowest BCUT2D eigenvalue weighted by atomic mass is 9.79. The van der Waals surface area contributed by atoms with Crippen LogP contribution in [0.25, 0.3) is 0 Å². The van der Waals surface area contributed by atoms with Crippen molar-refractivity contribution in [2.75, 3.05) is 7.05 Å². The fourth-order valence-corrected chi connectivity index (χ4v) is 3.67. The van der Waals surface area contributed by atoms with E-state index in [1.807, 2.05) is 25.4 Å². The first kappa shape index (κ1) is 14.6. The molecule has 0 radical (unpaired) electrons. The summed E-state index contributed by atoms with van der Waals surface area (Å²) in [4.78, 5) is 4.67. The van der Waals surface area contributed by atoms with E-state index in [9.17, 15) is 0 Å². The molecule has 0 fully saturated rings. The number of benzene rings is 1. The van der Waals surface area contributed by atoms with Crippen LogP contribution in [0.2, 0.25) is 5.02 Å². The zero-order valence-corrected chi connectivity index (χ0v) is 13.3. The third-order valence-corrected chi connectivity index (χ3v) is 4.76. The summed E-state index contributed by atoms with van der Waals surface area (Å²) in [5, 5.41) is 4.30. The molecule has 2 aromatic rings. The third kappa shape index (κ3) is 2.83. The zero-order valence-electron chi connectivity index (χ0n) is 12.6. The molecule has 0 saturated heterocycles. The smallest absolute Gasteiger partial charge is 0.0485 e. The third-order valence-electron chi connectivity index (χ3n) is 4.53. The van der Waals surface area contributed by atoms with Crippen molar-refractivity contribution in [3.8, 4) is 0 Å². The van der Waals surface area contributed by atoms with Crippen molar-refractivity contribution in [3.05, 3.63) is 63.9 Å². The summed E-state index contributed by atoms with van der Waals surface area (Å²) >= 11 is 6.21. The van der Waals surface area contributed by atoms with E-state index < -0.39 is 0 Å². The molecule has 0 bridgehead atoms. The number of hydrogen-bond acceptors (Lipinski definition) is 2. The lowest BCUT2D eigenvalue weighted by molar-refractivity contribution is 0.414. The Morgan fingerprint density at radius 3 is 3.00 bits per heavy atom. The van der Waals surface area contributed by atoms with Gasteiger partial charge in [0, 0.05) is 28.9 Å². The van der Waals surface area contributed by atoms with Crippen LogP contribution in [-0.2, 0) is 6.42 Å². The number of aromatic nitrogens is 1. The van der Waals surface area contributed by atoms with Gasteiger partial charge in [0.15, 0.2) is 0 Å². The van der Waals surface area contributed by atoms with Crippen LogP contribution in [0.15, 0.2) is 36.5 Å². The second-order valence-corrected chi connectivity index (χ2v) is 6.25. The molecule has 1 aliphatic rings. The van der Waals surface area contributed by atoms with E-state index in [1.165, 1.54) is 35.2 Å². The first-order chi connectivity index (χ1) is 10.2. The summed E-state index contributed by atoms with van der Waals surface area (Å²) in [6.45, 7) is 2.15. The SMILES string of the molecule is CNC(c1cc(Cl)ccc1C)C1CCCc2cccnc21. The molecule has 3 rings (SSSR count). The van der Waals surface area contributed by atoms with Gasteiger partial charge in [0.05, 0.1) is 0 Å². The summed E-state index contributed by atoms with van der Waals surface area (Å²) in [6.07, 6.45) is 5.45. The van der Waals surface area contributed by atoms with Gasteiger partial charge in [-0.15, -0.1) is 0 Å². The first-order valence-corrected chi connectivity index (χ1v) is 7.95. The van der Waals surface area contributed by atoms with Crippen molar-refractivity contribution in [1.29, 1.82) is 0 Å². The average Bonchev–Trinajstić information content (AvgIpc) is 2.51. The zero-order chi connectivity index (χ0) is 14.8. The highest BCUT2D eigenvalue weighted by Gasteiger charge is 2.30. The van der Waals surface area contributed by atoms with Gasteiger partial charge in [0.1, 0.15) is 0 Å². The fourth-order valence-electron chi connectivity index (χ4n) is 3.49. The van der Waals surface area contributed by atoms with Crippen molar-refractivity contribution >= 4 is 11.6 Å². The van der Waals surface area contributed by atoms with Crippen LogP contribution in [0.3, 0.4) is 0 Å². The van der Waals surface area contributed by atoms with Gasteiger partial charge in [-0.05, 0) is 68.1 Å². The molecule has 1 aromatic heterocycles. The van der Waals surface area contributed by atoms with Gasteiger partial charge in [0.25, 0.3) is 0 Å². The normalized spacial score (nSPS) is 19.1. The minimum atomic E-state index is 0.262. The van der Waals surface area contributed by atoms with Crippen LogP contribution in [0.1, 0.15) is 47.2 Å². The van der Waals surface area contributed by atoms with Crippen LogP contribution < -0.4 is 5.32 Å². The van der Waals surface area contributed by atoms with Gasteiger partial charge in [0.2, 0.25) is 0 Å². The van der Waals surface area contributed by atoms with Crippen molar-refractivity contribution in [1.82, 2.24) is 10.3 Å². The number of nitrogens with one attached hydrogen (secondary N) is 1. The highest BCUT2D eigenvalue weighted by molar-refractivity contribution is 6.30. The lowest BCUT2D eigenvalue weighted by Gasteiger charge is -2.32. The number of halogens is 1. The van der Waals surface area contributed by atoms with Crippen LogP contribution >= 0.6 is 11.6 Å². The largest absolute Gasteiger partial charge is 0.312 e. The Morgan fingerprint density at radius 1 is 1.33 bits per heavy atom. The highest BCUT2D eigenvalue weighted by Crippen LogP contribution is 2.40. The second-order valence-electron chi connectivity index (χ2n) is 5.81. The Kier molecular flexibility index (Phi) is 4.27. The Balaban J connectivity index is 2.03. The number of aryl methyl sites for hydroxylation is 2. The molecule has 1 aromatic carbocycles. The molecule has 2 unspecified atom stereocenters. The Hall–Kier alpha value is -1.38. The summed E-state index contributed by atoms with van der Waals surface area (Å²) in [6, 6.07) is 10.7. The highest BCUT2D eigenvalue weighted by atomic mass is 35.5. The van der Waals surface area contributed by atoms with Crippen LogP contribution in [0, 0.1) is 6.92 Å². The molecular formula is C18H21ClN2. The molecule has 21 heavy (non-hydrogen) atoms. The summed E-state index contributed by atoms with van der Waals surface area (Å²) < 4.78 is 0. The van der Waals surface area contributed by atoms with E-state index >= 15 is 0 Å². The van der Waals surface area contributed by atoms with Gasteiger partial charge in [-0.2, -0.15) is 0 Å². The van der Waals surface area contributed by atoms with Crippen LogP contribution in [0.5, 0.6) is 0 Å². The predicted octanol–water partition coefficient (Wildman–Crippen LogP) is 4.42. The quantitative estimate of drug-likeness (QED) is 0.907. The van der Waals surface area contributed by atoms with Gasteiger partial charge in [-0.3, -0.25) is 4.98 Å². The maximum absolute atomic E-state index is 6.21. The minimum Gasteiger partial charge on any atom is -0.312 e. The standard InChI is InChI=1S/C18H21ClN2/c1-12-8-9-14(19)11-16(12)18(20-2)15-7-3-5-13-6-4-10-21-17(13)15/h4,6,8-11,15,18,20H,3,5,7H2,1-2H3. The number of likely N-dealkylation sites (N-methyl/N-ethyl adjacent to an activating group) is 1. The predicted molar refractivity (Wildman–Crippen MR) is 87.9 cm³/mol. The average molecular weight is 301 g/mol. The Bertz CT molecular complexity index is 639.